The first-order valence-electron chi connectivity index (χ1n) is 10.0. The maximum atomic E-state index is 14.4. The smallest absolute Gasteiger partial charge is 0.391 e. The summed E-state index contributed by atoms with van der Waals surface area (Å²) < 4.78 is 49.5. The lowest BCUT2D eigenvalue weighted by Gasteiger charge is -2.45. The summed E-state index contributed by atoms with van der Waals surface area (Å²) in [6.07, 6.45) is -6.92. The van der Waals surface area contributed by atoms with Crippen molar-refractivity contribution in [2.45, 2.75) is 44.7 Å². The van der Waals surface area contributed by atoms with E-state index in [4.69, 9.17) is 4.43 Å². The molecule has 0 bridgehead atoms. The van der Waals surface area contributed by atoms with Crippen molar-refractivity contribution in [3.63, 3.8) is 0 Å². The molecule has 0 radical (unpaired) electrons. The third-order valence-corrected chi connectivity index (χ3v) is 10.3. The van der Waals surface area contributed by atoms with Gasteiger partial charge in [0.15, 0.2) is 6.10 Å². The van der Waals surface area contributed by atoms with E-state index in [0.29, 0.717) is 0 Å². The molecule has 0 spiro atoms. The second-order valence-electron chi connectivity index (χ2n) is 8.41. The van der Waals surface area contributed by atoms with Gasteiger partial charge in [-0.05, 0) is 27.5 Å². The number of alkyl halides is 3. The lowest BCUT2D eigenvalue weighted by atomic mass is 10.2. The van der Waals surface area contributed by atoms with Crippen LogP contribution in [0.1, 0.15) is 38.3 Å². The zero-order valence-electron chi connectivity index (χ0n) is 17.7. The lowest BCUT2D eigenvalue weighted by molar-refractivity contribution is -0.201. The van der Waals surface area contributed by atoms with E-state index in [1.807, 2.05) is 81.4 Å². The third kappa shape index (κ3) is 4.73. The quantitative estimate of drug-likeness (QED) is 0.557. The first kappa shape index (κ1) is 23.2. The van der Waals surface area contributed by atoms with E-state index in [2.05, 4.69) is 4.98 Å². The van der Waals surface area contributed by atoms with Gasteiger partial charge in [0.05, 0.1) is 18.0 Å². The molecule has 1 aromatic heterocycles. The molecule has 164 valence electrons. The second kappa shape index (κ2) is 8.94. The van der Waals surface area contributed by atoms with Gasteiger partial charge in [-0.25, -0.2) is 0 Å². The van der Waals surface area contributed by atoms with Gasteiger partial charge in [0.25, 0.3) is 8.32 Å². The summed E-state index contributed by atoms with van der Waals surface area (Å²) in [5, 5.41) is 10.3. The topological polar surface area (TPSA) is 42.4 Å². The Morgan fingerprint density at radius 2 is 1.35 bits per heavy atom. The van der Waals surface area contributed by atoms with Gasteiger partial charge in [0.1, 0.15) is 0 Å². The van der Waals surface area contributed by atoms with E-state index in [0.717, 1.165) is 10.4 Å². The zero-order chi connectivity index (χ0) is 22.7. The standard InChI is InChI=1S/C24H26F3NO2Si/c1-23(2,3)31(19-12-6-4-7-13-19,20-14-8-5-9-15-20)30-22(24(25,26)27)21-16-10-11-18(17-29)28-21/h4-16,22,29H,17H2,1-3H3. The van der Waals surface area contributed by atoms with Crippen molar-refractivity contribution in [3.8, 4) is 0 Å². The highest BCUT2D eigenvalue weighted by Crippen LogP contribution is 2.44. The molecule has 3 aromatic rings. The summed E-state index contributed by atoms with van der Waals surface area (Å²) in [6.45, 7) is 5.32. The van der Waals surface area contributed by atoms with Crippen LogP contribution in [0.2, 0.25) is 5.04 Å². The van der Waals surface area contributed by atoms with Crippen molar-refractivity contribution in [2.75, 3.05) is 0 Å². The number of hydrogen-bond acceptors (Lipinski definition) is 3. The van der Waals surface area contributed by atoms with Crippen LogP contribution in [0.15, 0.2) is 78.9 Å². The number of pyridine rings is 1. The fourth-order valence-corrected chi connectivity index (χ4v) is 8.52. The fraction of sp³-hybridized carbons (Fsp3) is 0.292. The Labute approximate surface area is 181 Å². The molecule has 3 nitrogen and oxygen atoms in total. The Bertz CT molecular complexity index is 949. The van der Waals surface area contributed by atoms with Gasteiger partial charge in [-0.2, -0.15) is 13.2 Å². The van der Waals surface area contributed by atoms with Crippen LogP contribution < -0.4 is 10.4 Å². The zero-order valence-corrected chi connectivity index (χ0v) is 18.7. The average Bonchev–Trinajstić information content (AvgIpc) is 2.74. The van der Waals surface area contributed by atoms with Crippen LogP contribution in [0.5, 0.6) is 0 Å². The SMILES string of the molecule is CC(C)(C)[Si](OC(c1cccc(CO)n1)C(F)(F)F)(c1ccccc1)c1ccccc1. The number of rotatable bonds is 6. The summed E-state index contributed by atoms with van der Waals surface area (Å²) in [7, 11) is -3.46. The number of aliphatic hydroxyl groups is 1. The summed E-state index contributed by atoms with van der Waals surface area (Å²) in [5.41, 5.74) is -0.0927. The predicted octanol–water partition coefficient (Wildman–Crippen LogP) is 4.75. The van der Waals surface area contributed by atoms with E-state index in [9.17, 15) is 18.3 Å². The molecule has 3 rings (SSSR count). The van der Waals surface area contributed by atoms with Crippen LogP contribution in [0.4, 0.5) is 13.2 Å². The maximum absolute atomic E-state index is 14.4. The van der Waals surface area contributed by atoms with Gasteiger partial charge in [-0.1, -0.05) is 87.5 Å². The van der Waals surface area contributed by atoms with Gasteiger partial charge in [-0.3, -0.25) is 4.98 Å². The van der Waals surface area contributed by atoms with Crippen LogP contribution in [0.25, 0.3) is 0 Å². The van der Waals surface area contributed by atoms with Gasteiger partial charge < -0.3 is 9.53 Å². The minimum Gasteiger partial charge on any atom is -0.391 e. The molecule has 1 unspecified atom stereocenters. The predicted molar refractivity (Wildman–Crippen MR) is 118 cm³/mol. The summed E-state index contributed by atoms with van der Waals surface area (Å²) in [5.74, 6) is 0. The van der Waals surface area contributed by atoms with Crippen molar-refractivity contribution in [2.24, 2.45) is 0 Å². The second-order valence-corrected chi connectivity index (χ2v) is 12.7. The fourth-order valence-electron chi connectivity index (χ4n) is 3.90. The molecule has 1 atom stereocenters. The summed E-state index contributed by atoms with van der Waals surface area (Å²) in [6, 6.07) is 22.6. The number of aromatic nitrogens is 1. The highest BCUT2D eigenvalue weighted by molar-refractivity contribution is 6.99. The Hall–Kier alpha value is -2.48. The molecule has 0 fully saturated rings. The molecule has 0 amide bonds. The Kier molecular flexibility index (Phi) is 6.69. The maximum Gasteiger partial charge on any atom is 0.419 e. The lowest BCUT2D eigenvalue weighted by Crippen LogP contribution is -2.67. The van der Waals surface area contributed by atoms with Gasteiger partial charge >= 0.3 is 6.18 Å². The highest BCUT2D eigenvalue weighted by atomic mass is 28.4. The average molecular weight is 446 g/mol. The molecule has 7 heteroatoms. The van der Waals surface area contributed by atoms with Crippen LogP contribution in [-0.2, 0) is 11.0 Å². The van der Waals surface area contributed by atoms with Crippen LogP contribution in [0, 0.1) is 0 Å². The van der Waals surface area contributed by atoms with Crippen molar-refractivity contribution in [1.82, 2.24) is 4.98 Å². The molecule has 0 aliphatic carbocycles. The van der Waals surface area contributed by atoms with Crippen LogP contribution >= 0.6 is 0 Å². The summed E-state index contributed by atoms with van der Waals surface area (Å²) in [4.78, 5) is 4.04. The molecule has 2 aromatic carbocycles. The van der Waals surface area contributed by atoms with Crippen LogP contribution in [-0.4, -0.2) is 24.6 Å². The highest BCUT2D eigenvalue weighted by Gasteiger charge is 2.56. The largest absolute Gasteiger partial charge is 0.419 e. The van der Waals surface area contributed by atoms with E-state index in [1.54, 1.807) is 0 Å². The third-order valence-electron chi connectivity index (χ3n) is 5.27. The van der Waals surface area contributed by atoms with E-state index >= 15 is 0 Å². The minimum atomic E-state index is -4.69. The number of halogens is 3. The summed E-state index contributed by atoms with van der Waals surface area (Å²) >= 11 is 0. The molecule has 0 aliphatic heterocycles. The van der Waals surface area contributed by atoms with Crippen LogP contribution in [0.3, 0.4) is 0 Å². The first-order chi connectivity index (χ1) is 14.6. The van der Waals surface area contributed by atoms with Gasteiger partial charge in [0, 0.05) is 0 Å². The molecule has 31 heavy (non-hydrogen) atoms. The van der Waals surface area contributed by atoms with Gasteiger partial charge in [-0.15, -0.1) is 0 Å². The van der Waals surface area contributed by atoms with E-state index in [-0.39, 0.29) is 11.4 Å². The Balaban J connectivity index is 2.27. The number of benzene rings is 2. The van der Waals surface area contributed by atoms with E-state index < -0.39 is 32.2 Å². The van der Waals surface area contributed by atoms with Crippen molar-refractivity contribution >= 4 is 18.7 Å². The minimum absolute atomic E-state index is 0.165. The number of aliphatic hydroxyl groups excluding tert-OH is 1. The molecule has 1 heterocycles. The normalized spacial score (nSPS) is 13.8. The molecular formula is C24H26F3NO2Si. The molecule has 1 N–H and O–H groups in total. The van der Waals surface area contributed by atoms with Crippen molar-refractivity contribution in [1.29, 1.82) is 0 Å². The molecular weight excluding hydrogens is 419 g/mol. The van der Waals surface area contributed by atoms with E-state index in [1.165, 1.54) is 18.2 Å². The first-order valence-corrected chi connectivity index (χ1v) is 11.9. The van der Waals surface area contributed by atoms with Crippen molar-refractivity contribution < 1.29 is 22.7 Å². The molecule has 0 aliphatic rings. The number of hydrogen-bond donors (Lipinski definition) is 1. The van der Waals surface area contributed by atoms with Crippen molar-refractivity contribution in [3.05, 3.63) is 90.3 Å². The molecule has 0 saturated carbocycles. The van der Waals surface area contributed by atoms with Gasteiger partial charge in [0.2, 0.25) is 0 Å². The molecule has 0 saturated heterocycles. The Morgan fingerprint density at radius 3 is 1.77 bits per heavy atom. The Morgan fingerprint density at radius 1 is 0.839 bits per heavy atom. The monoisotopic (exact) mass is 445 g/mol. The number of nitrogens with zero attached hydrogens (tertiary/aromatic N) is 1.